The lowest BCUT2D eigenvalue weighted by Crippen LogP contribution is -2.41. The largest absolute Gasteiger partial charge is 0.497 e. The quantitative estimate of drug-likeness (QED) is 0.532. The van der Waals surface area contributed by atoms with Gasteiger partial charge in [-0.15, -0.1) is 17.9 Å². The summed E-state index contributed by atoms with van der Waals surface area (Å²) in [5.74, 6) is 0.785. The predicted molar refractivity (Wildman–Crippen MR) is 115 cm³/mol. The highest BCUT2D eigenvalue weighted by atomic mass is 32.1. The molecule has 28 heavy (non-hydrogen) atoms. The lowest BCUT2D eigenvalue weighted by Gasteiger charge is -2.26. The first kappa shape index (κ1) is 19.7. The first-order chi connectivity index (χ1) is 13.7. The Morgan fingerprint density at radius 2 is 1.82 bits per heavy atom. The van der Waals surface area contributed by atoms with E-state index in [9.17, 15) is 4.79 Å². The normalized spacial score (nSPS) is 11.5. The van der Waals surface area contributed by atoms with Gasteiger partial charge in [0.2, 0.25) is 0 Å². The van der Waals surface area contributed by atoms with Gasteiger partial charge < -0.3 is 15.0 Å². The highest BCUT2D eigenvalue weighted by molar-refractivity contribution is 7.09. The molecule has 2 aromatic carbocycles. The van der Waals surface area contributed by atoms with Crippen LogP contribution < -0.4 is 10.1 Å². The van der Waals surface area contributed by atoms with Crippen LogP contribution in [-0.4, -0.2) is 24.6 Å². The standard InChI is InChI=1S/C23H24N2O2S/c1-3-15-25(17-21-10-7-16-28-21)23(26)24-22(18-8-5-4-6-9-18)19-11-13-20(27-2)14-12-19/h3-14,16,22H,1,15,17H2,2H3,(H,24,26)/t22-/m1/s1. The van der Waals surface area contributed by atoms with Gasteiger partial charge in [0.15, 0.2) is 0 Å². The Labute approximate surface area is 170 Å². The average Bonchev–Trinajstić information content (AvgIpc) is 3.25. The molecule has 0 fully saturated rings. The molecule has 0 aliphatic carbocycles. The van der Waals surface area contributed by atoms with Gasteiger partial charge in [-0.1, -0.05) is 54.6 Å². The Morgan fingerprint density at radius 1 is 1.11 bits per heavy atom. The third kappa shape index (κ3) is 5.02. The second-order valence-corrected chi connectivity index (χ2v) is 7.35. The zero-order chi connectivity index (χ0) is 19.8. The number of urea groups is 1. The van der Waals surface area contributed by atoms with Gasteiger partial charge >= 0.3 is 6.03 Å². The lowest BCUT2D eigenvalue weighted by atomic mass is 9.99. The molecule has 4 nitrogen and oxygen atoms in total. The average molecular weight is 393 g/mol. The molecule has 0 unspecified atom stereocenters. The minimum Gasteiger partial charge on any atom is -0.497 e. The van der Waals surface area contributed by atoms with Gasteiger partial charge in [0.05, 0.1) is 19.7 Å². The molecule has 0 aliphatic heterocycles. The number of amides is 2. The maximum Gasteiger partial charge on any atom is 0.318 e. The predicted octanol–water partition coefficient (Wildman–Crippen LogP) is 5.24. The molecule has 0 bridgehead atoms. The summed E-state index contributed by atoms with van der Waals surface area (Å²) in [6, 6.07) is 21.4. The van der Waals surface area contributed by atoms with Crippen LogP contribution in [0.4, 0.5) is 4.79 Å². The Kier molecular flexibility index (Phi) is 6.87. The van der Waals surface area contributed by atoms with E-state index in [1.807, 2.05) is 72.1 Å². The van der Waals surface area contributed by atoms with E-state index >= 15 is 0 Å². The summed E-state index contributed by atoms with van der Waals surface area (Å²) in [5, 5.41) is 5.20. The number of rotatable bonds is 8. The monoisotopic (exact) mass is 392 g/mol. The molecular formula is C23H24N2O2S. The van der Waals surface area contributed by atoms with Crippen molar-refractivity contribution in [3.8, 4) is 5.75 Å². The van der Waals surface area contributed by atoms with Crippen LogP contribution in [0.3, 0.4) is 0 Å². The van der Waals surface area contributed by atoms with Crippen molar-refractivity contribution < 1.29 is 9.53 Å². The van der Waals surface area contributed by atoms with Gasteiger partial charge in [-0.25, -0.2) is 4.79 Å². The molecule has 0 aliphatic rings. The molecule has 0 spiro atoms. The summed E-state index contributed by atoms with van der Waals surface area (Å²) in [4.78, 5) is 16.0. The maximum atomic E-state index is 13.1. The number of hydrogen-bond donors (Lipinski definition) is 1. The number of carbonyl (C=O) groups is 1. The number of thiophene rings is 1. The molecule has 1 atom stereocenters. The van der Waals surface area contributed by atoms with E-state index in [1.54, 1.807) is 29.4 Å². The van der Waals surface area contributed by atoms with Crippen LogP contribution in [0, 0.1) is 0 Å². The minimum absolute atomic E-state index is 0.127. The van der Waals surface area contributed by atoms with E-state index in [4.69, 9.17) is 4.74 Å². The molecule has 1 aromatic heterocycles. The Balaban J connectivity index is 1.84. The molecule has 2 amide bonds. The van der Waals surface area contributed by atoms with Crippen LogP contribution in [0.5, 0.6) is 5.75 Å². The molecule has 0 saturated heterocycles. The van der Waals surface area contributed by atoms with Crippen LogP contribution in [0.15, 0.2) is 84.8 Å². The van der Waals surface area contributed by atoms with Crippen molar-refractivity contribution >= 4 is 17.4 Å². The summed E-state index contributed by atoms with van der Waals surface area (Å²) in [6.45, 7) is 4.83. The fourth-order valence-corrected chi connectivity index (χ4v) is 3.70. The molecule has 3 aromatic rings. The van der Waals surface area contributed by atoms with Gasteiger partial charge in [0, 0.05) is 11.4 Å². The number of benzene rings is 2. The van der Waals surface area contributed by atoms with Crippen LogP contribution in [0.1, 0.15) is 22.0 Å². The smallest absolute Gasteiger partial charge is 0.318 e. The van der Waals surface area contributed by atoms with Crippen molar-refractivity contribution in [2.75, 3.05) is 13.7 Å². The van der Waals surface area contributed by atoms with Crippen LogP contribution in [0.25, 0.3) is 0 Å². The topological polar surface area (TPSA) is 41.6 Å². The molecular weight excluding hydrogens is 368 g/mol. The van der Waals surface area contributed by atoms with Gasteiger partial charge in [-0.3, -0.25) is 0 Å². The number of hydrogen-bond acceptors (Lipinski definition) is 3. The Bertz CT molecular complexity index is 877. The number of ether oxygens (including phenoxy) is 1. The number of nitrogens with one attached hydrogen (secondary N) is 1. The van der Waals surface area contributed by atoms with E-state index in [0.29, 0.717) is 13.1 Å². The first-order valence-corrected chi connectivity index (χ1v) is 9.97. The van der Waals surface area contributed by atoms with Crippen molar-refractivity contribution in [3.05, 3.63) is 101 Å². The van der Waals surface area contributed by atoms with E-state index in [0.717, 1.165) is 21.8 Å². The van der Waals surface area contributed by atoms with Gasteiger partial charge in [0.1, 0.15) is 5.75 Å². The lowest BCUT2D eigenvalue weighted by molar-refractivity contribution is 0.199. The SMILES string of the molecule is C=CCN(Cc1cccs1)C(=O)N[C@H](c1ccccc1)c1ccc(OC)cc1. The van der Waals surface area contributed by atoms with Gasteiger partial charge in [0.25, 0.3) is 0 Å². The second-order valence-electron chi connectivity index (χ2n) is 6.31. The summed E-state index contributed by atoms with van der Waals surface area (Å²) < 4.78 is 5.26. The maximum absolute atomic E-state index is 13.1. The summed E-state index contributed by atoms with van der Waals surface area (Å²) in [5.41, 5.74) is 2.02. The molecule has 1 N–H and O–H groups in total. The number of carbonyl (C=O) groups excluding carboxylic acids is 1. The van der Waals surface area contributed by atoms with E-state index in [1.165, 1.54) is 0 Å². The van der Waals surface area contributed by atoms with Crippen molar-refractivity contribution in [3.63, 3.8) is 0 Å². The van der Waals surface area contributed by atoms with Crippen molar-refractivity contribution in [1.82, 2.24) is 10.2 Å². The van der Waals surface area contributed by atoms with Crippen molar-refractivity contribution in [2.24, 2.45) is 0 Å². The van der Waals surface area contributed by atoms with Crippen molar-refractivity contribution in [2.45, 2.75) is 12.6 Å². The van der Waals surface area contributed by atoms with Crippen LogP contribution in [0.2, 0.25) is 0 Å². The van der Waals surface area contributed by atoms with Gasteiger partial charge in [-0.2, -0.15) is 0 Å². The summed E-state index contributed by atoms with van der Waals surface area (Å²) in [7, 11) is 1.64. The van der Waals surface area contributed by atoms with E-state index in [-0.39, 0.29) is 12.1 Å². The fraction of sp³-hybridized carbons (Fsp3) is 0.174. The van der Waals surface area contributed by atoms with E-state index in [2.05, 4.69) is 11.9 Å². The van der Waals surface area contributed by atoms with Crippen LogP contribution in [-0.2, 0) is 6.54 Å². The van der Waals surface area contributed by atoms with Gasteiger partial charge in [-0.05, 0) is 34.7 Å². The molecule has 144 valence electrons. The number of nitrogens with zero attached hydrogens (tertiary/aromatic N) is 1. The highest BCUT2D eigenvalue weighted by Crippen LogP contribution is 2.25. The van der Waals surface area contributed by atoms with E-state index < -0.39 is 0 Å². The molecule has 0 saturated carbocycles. The zero-order valence-corrected chi connectivity index (χ0v) is 16.7. The number of methoxy groups -OCH3 is 1. The Morgan fingerprint density at radius 3 is 2.43 bits per heavy atom. The first-order valence-electron chi connectivity index (χ1n) is 9.09. The zero-order valence-electron chi connectivity index (χ0n) is 15.9. The summed E-state index contributed by atoms with van der Waals surface area (Å²) in [6.07, 6.45) is 1.75. The second kappa shape index (κ2) is 9.76. The molecule has 1 heterocycles. The fourth-order valence-electron chi connectivity index (χ4n) is 2.98. The molecule has 5 heteroatoms. The Hall–Kier alpha value is -3.05. The summed E-state index contributed by atoms with van der Waals surface area (Å²) >= 11 is 1.64. The minimum atomic E-state index is -0.254. The third-order valence-corrected chi connectivity index (χ3v) is 5.27. The molecule has 3 rings (SSSR count). The van der Waals surface area contributed by atoms with Crippen molar-refractivity contribution in [1.29, 1.82) is 0 Å². The highest BCUT2D eigenvalue weighted by Gasteiger charge is 2.21. The van der Waals surface area contributed by atoms with Crippen LogP contribution >= 0.6 is 11.3 Å². The third-order valence-electron chi connectivity index (χ3n) is 4.41. The molecule has 0 radical (unpaired) electrons.